The molecular weight excluding hydrogens is 272 g/mol. The molecule has 0 aromatic heterocycles. The van der Waals surface area contributed by atoms with Crippen molar-refractivity contribution in [1.29, 1.82) is 0 Å². The fourth-order valence-corrected chi connectivity index (χ4v) is 3.89. The molecule has 2 atom stereocenters. The Labute approximate surface area is 136 Å². The third-order valence-electron chi connectivity index (χ3n) is 5.50. The van der Waals surface area contributed by atoms with Gasteiger partial charge in [-0.2, -0.15) is 0 Å². The lowest BCUT2D eigenvalue weighted by atomic mass is 9.67. The standard InChI is InChI=1S/C19H32N2O/c1-6-16-7-8-17(22-5)13-18(16)19(9-11-20-3)10-12-21(4)15(2)14-19/h7-8,13,15,20H,6,9-12,14H2,1-5H3/t15?,19-/m1/s1. The summed E-state index contributed by atoms with van der Waals surface area (Å²) < 4.78 is 5.52. The van der Waals surface area contributed by atoms with Crippen LogP contribution >= 0.6 is 0 Å². The zero-order chi connectivity index (χ0) is 16.2. The smallest absolute Gasteiger partial charge is 0.119 e. The van der Waals surface area contributed by atoms with E-state index in [2.05, 4.69) is 56.4 Å². The molecule has 1 aliphatic rings. The highest BCUT2D eigenvalue weighted by molar-refractivity contribution is 5.41. The van der Waals surface area contributed by atoms with Crippen LogP contribution in [0.1, 0.15) is 44.2 Å². The van der Waals surface area contributed by atoms with Gasteiger partial charge >= 0.3 is 0 Å². The Morgan fingerprint density at radius 3 is 2.77 bits per heavy atom. The van der Waals surface area contributed by atoms with Gasteiger partial charge in [-0.3, -0.25) is 0 Å². The van der Waals surface area contributed by atoms with E-state index in [9.17, 15) is 0 Å². The van der Waals surface area contributed by atoms with Crippen LogP contribution in [0.15, 0.2) is 18.2 Å². The summed E-state index contributed by atoms with van der Waals surface area (Å²) in [5, 5.41) is 3.36. The summed E-state index contributed by atoms with van der Waals surface area (Å²) in [6.45, 7) is 6.86. The van der Waals surface area contributed by atoms with Crippen LogP contribution in [0.2, 0.25) is 0 Å². The van der Waals surface area contributed by atoms with Crippen molar-refractivity contribution < 1.29 is 4.74 Å². The molecule has 0 bridgehead atoms. The fraction of sp³-hybridized carbons (Fsp3) is 0.684. The largest absolute Gasteiger partial charge is 0.497 e. The predicted octanol–water partition coefficient (Wildman–Crippen LogP) is 3.22. The molecule has 0 amide bonds. The first-order valence-electron chi connectivity index (χ1n) is 8.58. The maximum Gasteiger partial charge on any atom is 0.119 e. The Bertz CT molecular complexity index is 484. The molecule has 0 saturated carbocycles. The molecule has 3 heteroatoms. The lowest BCUT2D eigenvalue weighted by molar-refractivity contribution is 0.122. The van der Waals surface area contributed by atoms with Crippen molar-refractivity contribution in [3.05, 3.63) is 29.3 Å². The van der Waals surface area contributed by atoms with Gasteiger partial charge in [0.1, 0.15) is 5.75 Å². The molecule has 1 aliphatic heterocycles. The van der Waals surface area contributed by atoms with E-state index in [4.69, 9.17) is 4.74 Å². The van der Waals surface area contributed by atoms with Gasteiger partial charge in [0.05, 0.1) is 7.11 Å². The van der Waals surface area contributed by atoms with Crippen LogP contribution in [0.25, 0.3) is 0 Å². The summed E-state index contributed by atoms with van der Waals surface area (Å²) in [6, 6.07) is 7.29. The molecule has 2 rings (SSSR count). The Morgan fingerprint density at radius 2 is 2.18 bits per heavy atom. The summed E-state index contributed by atoms with van der Waals surface area (Å²) in [4.78, 5) is 2.49. The number of methoxy groups -OCH3 is 1. The maximum absolute atomic E-state index is 5.52. The quantitative estimate of drug-likeness (QED) is 0.873. The van der Waals surface area contributed by atoms with Gasteiger partial charge in [-0.25, -0.2) is 0 Å². The van der Waals surface area contributed by atoms with Crippen LogP contribution in [0, 0.1) is 0 Å². The number of ether oxygens (including phenoxy) is 1. The van der Waals surface area contributed by atoms with Crippen molar-refractivity contribution in [2.45, 2.75) is 51.0 Å². The van der Waals surface area contributed by atoms with Gasteiger partial charge in [-0.05, 0) is 88.5 Å². The van der Waals surface area contributed by atoms with E-state index in [1.165, 1.54) is 36.9 Å². The molecule has 1 saturated heterocycles. The van der Waals surface area contributed by atoms with Crippen LogP contribution < -0.4 is 10.1 Å². The number of aryl methyl sites for hydroxylation is 1. The lowest BCUT2D eigenvalue weighted by Crippen LogP contribution is -2.47. The molecule has 124 valence electrons. The highest BCUT2D eigenvalue weighted by atomic mass is 16.5. The van der Waals surface area contributed by atoms with Crippen molar-refractivity contribution in [2.75, 3.05) is 34.3 Å². The Balaban J connectivity index is 2.44. The monoisotopic (exact) mass is 304 g/mol. The molecule has 1 fully saturated rings. The second-order valence-electron chi connectivity index (χ2n) is 6.79. The van der Waals surface area contributed by atoms with Gasteiger partial charge in [0.15, 0.2) is 0 Å². The number of rotatable bonds is 6. The van der Waals surface area contributed by atoms with E-state index < -0.39 is 0 Å². The van der Waals surface area contributed by atoms with Gasteiger partial charge in [-0.1, -0.05) is 13.0 Å². The topological polar surface area (TPSA) is 24.5 Å². The summed E-state index contributed by atoms with van der Waals surface area (Å²) in [5.74, 6) is 0.989. The molecule has 22 heavy (non-hydrogen) atoms. The van der Waals surface area contributed by atoms with Gasteiger partial charge in [0.2, 0.25) is 0 Å². The lowest BCUT2D eigenvalue weighted by Gasteiger charge is -2.46. The number of nitrogens with one attached hydrogen (secondary N) is 1. The maximum atomic E-state index is 5.52. The minimum absolute atomic E-state index is 0.273. The highest BCUT2D eigenvalue weighted by Gasteiger charge is 2.39. The zero-order valence-corrected chi connectivity index (χ0v) is 14.9. The van der Waals surface area contributed by atoms with Gasteiger partial charge in [0, 0.05) is 6.04 Å². The first-order chi connectivity index (χ1) is 10.6. The zero-order valence-electron chi connectivity index (χ0n) is 14.9. The number of hydrogen-bond acceptors (Lipinski definition) is 3. The number of likely N-dealkylation sites (tertiary alicyclic amines) is 1. The summed E-state index contributed by atoms with van der Waals surface area (Å²) >= 11 is 0. The average molecular weight is 304 g/mol. The molecule has 0 spiro atoms. The first-order valence-corrected chi connectivity index (χ1v) is 8.58. The summed E-state index contributed by atoms with van der Waals surface area (Å²) in [5.41, 5.74) is 3.27. The van der Waals surface area contributed by atoms with E-state index in [1.54, 1.807) is 7.11 Å². The van der Waals surface area contributed by atoms with Crippen molar-refractivity contribution in [1.82, 2.24) is 10.2 Å². The minimum atomic E-state index is 0.273. The molecule has 3 nitrogen and oxygen atoms in total. The third-order valence-corrected chi connectivity index (χ3v) is 5.50. The van der Waals surface area contributed by atoms with Gasteiger partial charge < -0.3 is 15.0 Å². The van der Waals surface area contributed by atoms with Crippen LogP contribution in [-0.4, -0.2) is 45.2 Å². The molecule has 0 radical (unpaired) electrons. The molecule has 1 aromatic rings. The number of benzene rings is 1. The van der Waals surface area contributed by atoms with E-state index in [0.29, 0.717) is 6.04 Å². The third kappa shape index (κ3) is 3.47. The fourth-order valence-electron chi connectivity index (χ4n) is 3.89. The second-order valence-corrected chi connectivity index (χ2v) is 6.79. The van der Waals surface area contributed by atoms with Gasteiger partial charge in [0.25, 0.3) is 0 Å². The highest BCUT2D eigenvalue weighted by Crippen LogP contribution is 2.43. The minimum Gasteiger partial charge on any atom is -0.497 e. The van der Waals surface area contributed by atoms with Crippen LogP contribution in [-0.2, 0) is 11.8 Å². The van der Waals surface area contributed by atoms with E-state index in [-0.39, 0.29) is 5.41 Å². The Hall–Kier alpha value is -1.06. The van der Waals surface area contributed by atoms with Crippen molar-refractivity contribution in [3.8, 4) is 5.75 Å². The van der Waals surface area contributed by atoms with Crippen LogP contribution in [0.3, 0.4) is 0 Å². The molecule has 1 heterocycles. The van der Waals surface area contributed by atoms with E-state index in [1.807, 2.05) is 0 Å². The average Bonchev–Trinajstić information content (AvgIpc) is 2.55. The number of nitrogens with zero attached hydrogens (tertiary/aromatic N) is 1. The van der Waals surface area contributed by atoms with E-state index >= 15 is 0 Å². The Morgan fingerprint density at radius 1 is 1.41 bits per heavy atom. The van der Waals surface area contributed by atoms with Gasteiger partial charge in [-0.15, -0.1) is 0 Å². The number of piperidine rings is 1. The summed E-state index contributed by atoms with van der Waals surface area (Å²) in [6.07, 6.45) is 4.74. The first kappa shape index (κ1) is 17.3. The van der Waals surface area contributed by atoms with Crippen LogP contribution in [0.4, 0.5) is 0 Å². The normalized spacial score (nSPS) is 26.1. The molecule has 1 aromatic carbocycles. The molecule has 1 unspecified atom stereocenters. The SMILES string of the molecule is CCc1ccc(OC)cc1[C@]1(CCNC)CCN(C)C(C)C1. The molecular formula is C19H32N2O. The van der Waals surface area contributed by atoms with Crippen LogP contribution in [0.5, 0.6) is 5.75 Å². The van der Waals surface area contributed by atoms with Crippen molar-refractivity contribution in [3.63, 3.8) is 0 Å². The molecule has 1 N–H and O–H groups in total. The second kappa shape index (κ2) is 7.47. The molecule has 0 aliphatic carbocycles. The Kier molecular flexibility index (Phi) is 5.87. The summed E-state index contributed by atoms with van der Waals surface area (Å²) in [7, 11) is 6.07. The number of hydrogen-bond donors (Lipinski definition) is 1. The predicted molar refractivity (Wildman–Crippen MR) is 93.9 cm³/mol. The van der Waals surface area contributed by atoms with Crippen molar-refractivity contribution in [2.24, 2.45) is 0 Å². The van der Waals surface area contributed by atoms with E-state index in [0.717, 1.165) is 18.7 Å². The van der Waals surface area contributed by atoms with Crippen molar-refractivity contribution >= 4 is 0 Å².